The Kier molecular flexibility index (Phi) is 4.55. The minimum Gasteiger partial charge on any atom is -0.476 e. The molecule has 0 aliphatic rings. The van der Waals surface area contributed by atoms with Crippen molar-refractivity contribution in [3.05, 3.63) is 51.8 Å². The maximum absolute atomic E-state index is 11.0. The first-order valence-electron chi connectivity index (χ1n) is 5.51. The van der Waals surface area contributed by atoms with Crippen molar-refractivity contribution in [1.29, 1.82) is 0 Å². The molecule has 0 aliphatic heterocycles. The quantitative estimate of drug-likeness (QED) is 0.682. The average molecular weight is 339 g/mol. The smallest absolute Gasteiger partial charge is 0.355 e. The molecule has 0 amide bonds. The highest BCUT2D eigenvalue weighted by molar-refractivity contribution is 9.10. The van der Waals surface area contributed by atoms with Gasteiger partial charge < -0.3 is 5.11 Å². The number of hydrogen-bond donors (Lipinski definition) is 1. The summed E-state index contributed by atoms with van der Waals surface area (Å²) in [5.41, 5.74) is 2.38. The molecule has 2 rings (SSSR count). The SMILES string of the molecule is Cc1ccccc1CSc1ncc(Br)c(C(=O)O)n1. The lowest BCUT2D eigenvalue weighted by molar-refractivity contribution is 0.0688. The molecule has 0 bridgehead atoms. The maximum atomic E-state index is 11.0. The van der Waals surface area contributed by atoms with Crippen LogP contribution < -0.4 is 0 Å². The second-order valence-corrected chi connectivity index (χ2v) is 5.67. The highest BCUT2D eigenvalue weighted by Crippen LogP contribution is 2.23. The zero-order valence-corrected chi connectivity index (χ0v) is 12.5. The van der Waals surface area contributed by atoms with Gasteiger partial charge in [-0.25, -0.2) is 14.8 Å². The number of nitrogens with zero attached hydrogens (tertiary/aromatic N) is 2. The van der Waals surface area contributed by atoms with Crippen LogP contribution in [0.2, 0.25) is 0 Å². The van der Waals surface area contributed by atoms with E-state index in [4.69, 9.17) is 5.11 Å². The minimum atomic E-state index is -1.06. The number of thioether (sulfide) groups is 1. The topological polar surface area (TPSA) is 63.1 Å². The van der Waals surface area contributed by atoms with Gasteiger partial charge in [-0.15, -0.1) is 0 Å². The van der Waals surface area contributed by atoms with Crippen LogP contribution in [-0.4, -0.2) is 21.0 Å². The Balaban J connectivity index is 2.14. The molecule has 19 heavy (non-hydrogen) atoms. The number of rotatable bonds is 4. The van der Waals surface area contributed by atoms with Crippen molar-refractivity contribution in [3.8, 4) is 0 Å². The first-order valence-corrected chi connectivity index (χ1v) is 7.29. The predicted molar refractivity (Wildman–Crippen MR) is 77.4 cm³/mol. The molecular formula is C13H11BrN2O2S. The summed E-state index contributed by atoms with van der Waals surface area (Å²) in [4.78, 5) is 19.1. The second kappa shape index (κ2) is 6.16. The van der Waals surface area contributed by atoms with Gasteiger partial charge in [-0.3, -0.25) is 0 Å². The summed E-state index contributed by atoms with van der Waals surface area (Å²) >= 11 is 4.55. The number of carboxylic acid groups (broad SMARTS) is 1. The van der Waals surface area contributed by atoms with Crippen LogP contribution in [-0.2, 0) is 5.75 Å². The number of halogens is 1. The molecular weight excluding hydrogens is 328 g/mol. The molecule has 0 saturated heterocycles. The molecule has 0 aliphatic carbocycles. The number of aromatic nitrogens is 2. The number of carbonyl (C=O) groups is 1. The summed E-state index contributed by atoms with van der Waals surface area (Å²) in [5, 5.41) is 9.45. The van der Waals surface area contributed by atoms with E-state index in [1.165, 1.54) is 29.1 Å². The Morgan fingerprint density at radius 3 is 2.84 bits per heavy atom. The molecule has 0 radical (unpaired) electrons. The molecule has 0 spiro atoms. The Labute approximate surface area is 123 Å². The highest BCUT2D eigenvalue weighted by atomic mass is 79.9. The monoisotopic (exact) mass is 338 g/mol. The van der Waals surface area contributed by atoms with Gasteiger partial charge in [0.1, 0.15) is 0 Å². The van der Waals surface area contributed by atoms with Gasteiger partial charge in [-0.2, -0.15) is 0 Å². The number of carboxylic acids is 1. The fourth-order valence-corrected chi connectivity index (χ4v) is 2.74. The number of hydrogen-bond acceptors (Lipinski definition) is 4. The van der Waals surface area contributed by atoms with Crippen LogP contribution in [0.15, 0.2) is 40.1 Å². The normalized spacial score (nSPS) is 10.4. The summed E-state index contributed by atoms with van der Waals surface area (Å²) < 4.78 is 0.389. The Bertz CT molecular complexity index is 619. The minimum absolute atomic E-state index is 0.0118. The van der Waals surface area contributed by atoms with E-state index < -0.39 is 5.97 Å². The van der Waals surface area contributed by atoms with Crippen molar-refractivity contribution >= 4 is 33.7 Å². The van der Waals surface area contributed by atoms with Crippen molar-refractivity contribution in [2.24, 2.45) is 0 Å². The molecule has 0 saturated carbocycles. The van der Waals surface area contributed by atoms with Crippen LogP contribution in [0, 0.1) is 6.92 Å². The molecule has 1 heterocycles. The zero-order valence-electron chi connectivity index (χ0n) is 10.1. The van der Waals surface area contributed by atoms with Gasteiger partial charge in [0, 0.05) is 11.9 Å². The molecule has 0 atom stereocenters. The molecule has 1 N–H and O–H groups in total. The molecule has 1 aromatic heterocycles. The van der Waals surface area contributed by atoms with E-state index in [9.17, 15) is 4.79 Å². The van der Waals surface area contributed by atoms with Crippen LogP contribution in [0.4, 0.5) is 0 Å². The first kappa shape index (κ1) is 14.0. The number of benzene rings is 1. The molecule has 1 aromatic carbocycles. The zero-order chi connectivity index (χ0) is 13.8. The average Bonchev–Trinajstić information content (AvgIpc) is 2.39. The van der Waals surface area contributed by atoms with Gasteiger partial charge in [-0.05, 0) is 34.0 Å². The lowest BCUT2D eigenvalue weighted by Gasteiger charge is -2.05. The fraction of sp³-hybridized carbons (Fsp3) is 0.154. The fourth-order valence-electron chi connectivity index (χ4n) is 1.48. The van der Waals surface area contributed by atoms with Crippen molar-refractivity contribution in [2.45, 2.75) is 17.8 Å². The van der Waals surface area contributed by atoms with Crippen LogP contribution in [0.25, 0.3) is 0 Å². The van der Waals surface area contributed by atoms with Crippen LogP contribution in [0.1, 0.15) is 21.6 Å². The predicted octanol–water partition coefficient (Wildman–Crippen LogP) is 3.54. The van der Waals surface area contributed by atoms with E-state index in [1.807, 2.05) is 31.2 Å². The highest BCUT2D eigenvalue weighted by Gasteiger charge is 2.12. The summed E-state index contributed by atoms with van der Waals surface area (Å²) in [6.45, 7) is 2.04. The standard InChI is InChI=1S/C13H11BrN2O2S/c1-8-4-2-3-5-9(8)7-19-13-15-6-10(14)11(16-13)12(17)18/h2-6H,7H2,1H3,(H,17,18). The Hall–Kier alpha value is -1.40. The third-order valence-electron chi connectivity index (χ3n) is 2.54. The largest absolute Gasteiger partial charge is 0.476 e. The molecule has 2 aromatic rings. The van der Waals surface area contributed by atoms with Gasteiger partial charge in [0.25, 0.3) is 0 Å². The van der Waals surface area contributed by atoms with Crippen LogP contribution in [0.5, 0.6) is 0 Å². The van der Waals surface area contributed by atoms with Crippen LogP contribution in [0.3, 0.4) is 0 Å². The van der Waals surface area contributed by atoms with E-state index in [0.29, 0.717) is 15.4 Å². The molecule has 0 unspecified atom stereocenters. The van der Waals surface area contributed by atoms with Gasteiger partial charge >= 0.3 is 5.97 Å². The van der Waals surface area contributed by atoms with Gasteiger partial charge in [0.2, 0.25) is 0 Å². The molecule has 0 fully saturated rings. The molecule has 98 valence electrons. The second-order valence-electron chi connectivity index (χ2n) is 3.87. The van der Waals surface area contributed by atoms with Crippen molar-refractivity contribution in [3.63, 3.8) is 0 Å². The van der Waals surface area contributed by atoms with Gasteiger partial charge in [0.05, 0.1) is 4.47 Å². The lowest BCUT2D eigenvalue weighted by Crippen LogP contribution is -2.03. The van der Waals surface area contributed by atoms with E-state index in [2.05, 4.69) is 25.9 Å². The van der Waals surface area contributed by atoms with E-state index >= 15 is 0 Å². The summed E-state index contributed by atoms with van der Waals surface area (Å²) in [7, 11) is 0. The van der Waals surface area contributed by atoms with Gasteiger partial charge in [-0.1, -0.05) is 36.0 Å². The van der Waals surface area contributed by atoms with Crippen molar-refractivity contribution in [1.82, 2.24) is 9.97 Å². The number of aryl methyl sites for hydroxylation is 1. The summed E-state index contributed by atoms with van der Waals surface area (Å²) in [6.07, 6.45) is 1.47. The first-order chi connectivity index (χ1) is 9.08. The van der Waals surface area contributed by atoms with Gasteiger partial charge in [0.15, 0.2) is 10.9 Å². The van der Waals surface area contributed by atoms with Crippen molar-refractivity contribution < 1.29 is 9.90 Å². The maximum Gasteiger partial charge on any atom is 0.355 e. The lowest BCUT2D eigenvalue weighted by atomic mass is 10.1. The van der Waals surface area contributed by atoms with Crippen LogP contribution >= 0.6 is 27.7 Å². The van der Waals surface area contributed by atoms with Crippen molar-refractivity contribution in [2.75, 3.05) is 0 Å². The summed E-state index contributed by atoms with van der Waals surface area (Å²) in [5.74, 6) is -0.347. The Morgan fingerprint density at radius 1 is 1.42 bits per heavy atom. The Morgan fingerprint density at radius 2 is 2.16 bits per heavy atom. The molecule has 4 nitrogen and oxygen atoms in total. The third-order valence-corrected chi connectivity index (χ3v) is 4.03. The van der Waals surface area contributed by atoms with E-state index in [1.54, 1.807) is 0 Å². The third kappa shape index (κ3) is 3.54. The molecule has 6 heteroatoms. The summed E-state index contributed by atoms with van der Waals surface area (Å²) in [6, 6.07) is 8.05. The van der Waals surface area contributed by atoms with E-state index in [0.717, 1.165) is 0 Å². The number of aromatic carboxylic acids is 1. The van der Waals surface area contributed by atoms with E-state index in [-0.39, 0.29) is 5.69 Å².